The van der Waals surface area contributed by atoms with Gasteiger partial charge in [-0.25, -0.2) is 9.59 Å². The molecule has 0 spiro atoms. The zero-order valence-corrected chi connectivity index (χ0v) is 21.3. The van der Waals surface area contributed by atoms with E-state index in [0.717, 1.165) is 43.9 Å². The normalized spacial score (nSPS) is 34.8. The largest absolute Gasteiger partial charge is 0.478 e. The molecular formula is C30H40O6. The number of hydrogen-bond acceptors (Lipinski definition) is 5. The lowest BCUT2D eigenvalue weighted by Gasteiger charge is -2.25. The van der Waals surface area contributed by atoms with E-state index in [1.807, 2.05) is 6.07 Å². The summed E-state index contributed by atoms with van der Waals surface area (Å²) in [5, 5.41) is 10.2. The molecule has 36 heavy (non-hydrogen) atoms. The van der Waals surface area contributed by atoms with Crippen molar-refractivity contribution in [1.29, 1.82) is 0 Å². The first-order valence-electron chi connectivity index (χ1n) is 14.3. The van der Waals surface area contributed by atoms with Gasteiger partial charge in [-0.05, 0) is 123 Å². The van der Waals surface area contributed by atoms with Crippen LogP contribution in [0.15, 0.2) is 12.1 Å². The molecule has 196 valence electrons. The van der Waals surface area contributed by atoms with Crippen molar-refractivity contribution in [2.45, 2.75) is 89.9 Å². The Morgan fingerprint density at radius 2 is 1.61 bits per heavy atom. The molecular weight excluding hydrogens is 456 g/mol. The first-order valence-corrected chi connectivity index (χ1v) is 14.3. The molecule has 1 aromatic carbocycles. The smallest absolute Gasteiger partial charge is 0.338 e. The number of hydrogen-bond donors (Lipinski definition) is 1. The van der Waals surface area contributed by atoms with Gasteiger partial charge in [-0.15, -0.1) is 0 Å². The quantitative estimate of drug-likeness (QED) is 0.422. The summed E-state index contributed by atoms with van der Waals surface area (Å²) in [7, 11) is 0. The summed E-state index contributed by atoms with van der Waals surface area (Å²) in [5.41, 5.74) is 2.03. The van der Waals surface area contributed by atoms with Gasteiger partial charge in [0, 0.05) is 6.61 Å². The molecule has 5 aliphatic rings. The van der Waals surface area contributed by atoms with E-state index in [4.69, 9.17) is 14.2 Å². The third-order valence-corrected chi connectivity index (χ3v) is 10.00. The highest BCUT2D eigenvalue weighted by molar-refractivity contribution is 5.97. The number of carboxylic acid groups (broad SMARTS) is 1. The lowest BCUT2D eigenvalue weighted by Crippen LogP contribution is -2.24. The van der Waals surface area contributed by atoms with Crippen LogP contribution in [0.5, 0.6) is 0 Å². The molecule has 1 aromatic rings. The summed E-state index contributed by atoms with van der Waals surface area (Å²) < 4.78 is 17.6. The molecule has 4 aliphatic carbocycles. The topological polar surface area (TPSA) is 82.1 Å². The molecule has 7 unspecified atom stereocenters. The van der Waals surface area contributed by atoms with Gasteiger partial charge >= 0.3 is 11.9 Å². The van der Waals surface area contributed by atoms with Gasteiger partial charge in [0.1, 0.15) is 0 Å². The minimum Gasteiger partial charge on any atom is -0.478 e. The number of aromatic carboxylic acids is 1. The van der Waals surface area contributed by atoms with E-state index in [2.05, 4.69) is 0 Å². The van der Waals surface area contributed by atoms with Gasteiger partial charge in [0.15, 0.2) is 6.29 Å². The van der Waals surface area contributed by atoms with Crippen molar-refractivity contribution in [2.24, 2.45) is 35.5 Å². The number of fused-ring (bicyclic) bond motifs is 4. The Bertz CT molecular complexity index is 982. The Kier molecular flexibility index (Phi) is 7.09. The summed E-state index contributed by atoms with van der Waals surface area (Å²) in [6, 6.07) is 3.54. The summed E-state index contributed by atoms with van der Waals surface area (Å²) >= 11 is 0. The Balaban J connectivity index is 1.24. The van der Waals surface area contributed by atoms with E-state index in [1.165, 1.54) is 38.5 Å². The van der Waals surface area contributed by atoms with E-state index in [-0.39, 0.29) is 24.4 Å². The molecule has 6 nitrogen and oxygen atoms in total. The predicted molar refractivity (Wildman–Crippen MR) is 134 cm³/mol. The van der Waals surface area contributed by atoms with Crippen molar-refractivity contribution in [2.75, 3.05) is 13.2 Å². The minimum absolute atomic E-state index is 0.228. The molecule has 0 amide bonds. The van der Waals surface area contributed by atoms with Crippen LogP contribution in [0.2, 0.25) is 0 Å². The van der Waals surface area contributed by atoms with Crippen LogP contribution in [0.25, 0.3) is 0 Å². The number of rotatable bonds is 9. The van der Waals surface area contributed by atoms with Crippen LogP contribution in [0.1, 0.15) is 102 Å². The van der Waals surface area contributed by atoms with Crippen LogP contribution in [0, 0.1) is 35.5 Å². The second kappa shape index (κ2) is 10.4. The number of benzene rings is 1. The maximum Gasteiger partial charge on any atom is 0.338 e. The number of carbonyl (C=O) groups excluding carboxylic acids is 1. The maximum absolute atomic E-state index is 13.5. The highest BCUT2D eigenvalue weighted by Crippen LogP contribution is 2.50. The Hall–Kier alpha value is -1.92. The fraction of sp³-hybridized carbons (Fsp3) is 0.733. The molecule has 4 bridgehead atoms. The van der Waals surface area contributed by atoms with Gasteiger partial charge < -0.3 is 19.3 Å². The number of carboxylic acids is 1. The van der Waals surface area contributed by atoms with Crippen LogP contribution in [-0.2, 0) is 27.2 Å². The van der Waals surface area contributed by atoms with Crippen molar-refractivity contribution in [3.8, 4) is 0 Å². The fourth-order valence-electron chi connectivity index (χ4n) is 8.17. The van der Waals surface area contributed by atoms with Crippen molar-refractivity contribution in [1.82, 2.24) is 0 Å². The molecule has 5 fully saturated rings. The number of ether oxygens (including phenoxy) is 3. The van der Waals surface area contributed by atoms with Crippen molar-refractivity contribution < 1.29 is 28.9 Å². The summed E-state index contributed by atoms with van der Waals surface area (Å²) in [6.07, 6.45) is 13.3. The number of esters is 1. The van der Waals surface area contributed by atoms with E-state index in [9.17, 15) is 14.7 Å². The van der Waals surface area contributed by atoms with Crippen molar-refractivity contribution >= 4 is 11.9 Å². The van der Waals surface area contributed by atoms with E-state index < -0.39 is 5.97 Å². The van der Waals surface area contributed by atoms with E-state index in [0.29, 0.717) is 60.0 Å². The highest BCUT2D eigenvalue weighted by atomic mass is 16.7. The zero-order chi connectivity index (χ0) is 24.6. The molecule has 1 N–H and O–H groups in total. The first-order chi connectivity index (χ1) is 17.5. The average Bonchev–Trinajstić information content (AvgIpc) is 3.69. The minimum atomic E-state index is -0.980. The predicted octanol–water partition coefficient (Wildman–Crippen LogP) is 6.00. The second-order valence-corrected chi connectivity index (χ2v) is 12.3. The van der Waals surface area contributed by atoms with Crippen LogP contribution in [0.3, 0.4) is 0 Å². The van der Waals surface area contributed by atoms with Gasteiger partial charge in [0.05, 0.1) is 24.3 Å². The maximum atomic E-state index is 13.5. The number of carbonyl (C=O) groups is 2. The van der Waals surface area contributed by atoms with Crippen LogP contribution < -0.4 is 0 Å². The molecule has 1 saturated heterocycles. The van der Waals surface area contributed by atoms with Crippen LogP contribution >= 0.6 is 0 Å². The van der Waals surface area contributed by atoms with Gasteiger partial charge in [-0.2, -0.15) is 0 Å². The van der Waals surface area contributed by atoms with E-state index >= 15 is 0 Å². The van der Waals surface area contributed by atoms with Gasteiger partial charge in [-0.1, -0.05) is 12.8 Å². The molecule has 7 atom stereocenters. The molecule has 1 heterocycles. The first kappa shape index (κ1) is 24.4. The lowest BCUT2D eigenvalue weighted by atomic mass is 9.81. The molecule has 0 aromatic heterocycles. The third kappa shape index (κ3) is 5.08. The monoisotopic (exact) mass is 496 g/mol. The fourth-order valence-corrected chi connectivity index (χ4v) is 8.17. The molecule has 6 rings (SSSR count). The standard InChI is InChI=1S/C30H40O6/c31-29(32)26-13-20(16-35-28-3-1-2-8-34-28)14-27(25(26)15-23-11-18-4-6-21(23)9-18)30(33)36-17-24-12-19-5-7-22(24)10-19/h13-14,18-19,21-24,28H,1-12,15-17H2,(H,31,32). The molecule has 1 aliphatic heterocycles. The lowest BCUT2D eigenvalue weighted by molar-refractivity contribution is -0.168. The molecule has 6 heteroatoms. The third-order valence-electron chi connectivity index (χ3n) is 10.00. The van der Waals surface area contributed by atoms with Gasteiger partial charge in [0.2, 0.25) is 0 Å². The van der Waals surface area contributed by atoms with Crippen LogP contribution in [0.4, 0.5) is 0 Å². The second-order valence-electron chi connectivity index (χ2n) is 12.3. The van der Waals surface area contributed by atoms with Crippen molar-refractivity contribution in [3.63, 3.8) is 0 Å². The summed E-state index contributed by atoms with van der Waals surface area (Å²) in [6.45, 7) is 1.37. The van der Waals surface area contributed by atoms with Gasteiger partial charge in [-0.3, -0.25) is 0 Å². The highest BCUT2D eigenvalue weighted by Gasteiger charge is 2.41. The molecule has 0 radical (unpaired) electrons. The Morgan fingerprint density at radius 1 is 0.889 bits per heavy atom. The Labute approximate surface area is 214 Å². The SMILES string of the molecule is O=C(O)c1cc(COC2CCCCO2)cc(C(=O)OCC2CC3CCC2C3)c1CC1CC2CCC1C2. The molecule has 4 saturated carbocycles. The Morgan fingerprint density at radius 3 is 2.22 bits per heavy atom. The average molecular weight is 497 g/mol. The van der Waals surface area contributed by atoms with E-state index in [1.54, 1.807) is 6.07 Å². The summed E-state index contributed by atoms with van der Waals surface area (Å²) in [4.78, 5) is 25.9. The zero-order valence-electron chi connectivity index (χ0n) is 21.3. The summed E-state index contributed by atoms with van der Waals surface area (Å²) in [5.74, 6) is 2.47. The van der Waals surface area contributed by atoms with Crippen molar-refractivity contribution in [3.05, 3.63) is 34.4 Å². The van der Waals surface area contributed by atoms with Crippen LogP contribution in [-0.4, -0.2) is 36.5 Å². The van der Waals surface area contributed by atoms with Gasteiger partial charge in [0.25, 0.3) is 0 Å².